The van der Waals surface area contributed by atoms with Gasteiger partial charge in [0.2, 0.25) is 0 Å². The van der Waals surface area contributed by atoms with Gasteiger partial charge in [-0.1, -0.05) is 15.9 Å². The molecule has 3 nitrogen and oxygen atoms in total. The van der Waals surface area contributed by atoms with E-state index >= 15 is 0 Å². The molecule has 0 aliphatic rings. The minimum absolute atomic E-state index is 0.130. The van der Waals surface area contributed by atoms with E-state index in [9.17, 15) is 9.90 Å². The van der Waals surface area contributed by atoms with Crippen molar-refractivity contribution in [3.05, 3.63) is 28.2 Å². The molecule has 1 rings (SSSR count). The van der Waals surface area contributed by atoms with Crippen molar-refractivity contribution in [1.82, 2.24) is 0 Å². The van der Waals surface area contributed by atoms with Gasteiger partial charge in [-0.3, -0.25) is 4.79 Å². The summed E-state index contributed by atoms with van der Waals surface area (Å²) in [7, 11) is 1.34. The molecule has 0 amide bonds. The molecule has 1 N–H and O–H groups in total. The maximum Gasteiger partial charge on any atom is 0.312 e. The van der Waals surface area contributed by atoms with Crippen LogP contribution in [0.3, 0.4) is 0 Å². The molecule has 0 bridgehead atoms. The van der Waals surface area contributed by atoms with Crippen LogP contribution >= 0.6 is 15.9 Å². The van der Waals surface area contributed by atoms with Gasteiger partial charge in [-0.15, -0.1) is 0 Å². The summed E-state index contributed by atoms with van der Waals surface area (Å²) < 4.78 is 5.35. The highest BCUT2D eigenvalue weighted by Gasteiger charge is 2.16. The number of carbonyl (C=O) groups is 1. The maximum atomic E-state index is 11.2. The number of hydrogen-bond donors (Lipinski definition) is 1. The summed E-state index contributed by atoms with van der Waals surface area (Å²) in [5.41, 5.74) is 0.726. The fraction of sp³-hybridized carbons (Fsp3) is 0.300. The van der Waals surface area contributed by atoms with Crippen LogP contribution in [0.25, 0.3) is 0 Å². The number of phenolic OH excluding ortho intramolecular Hbond substituents is 1. The molecular weight excluding hydrogens is 248 g/mol. The molecule has 0 aliphatic carbocycles. The predicted octanol–water partition coefficient (Wildman–Crippen LogP) is 2.43. The van der Waals surface area contributed by atoms with Gasteiger partial charge in [0.15, 0.2) is 0 Å². The Hall–Kier alpha value is -1.03. The van der Waals surface area contributed by atoms with E-state index in [0.29, 0.717) is 0 Å². The third-order valence-corrected chi connectivity index (χ3v) is 2.42. The second-order valence-electron chi connectivity index (χ2n) is 2.99. The lowest BCUT2D eigenvalue weighted by Crippen LogP contribution is -2.10. The summed E-state index contributed by atoms with van der Waals surface area (Å²) in [6.07, 6.45) is 0. The van der Waals surface area contributed by atoms with E-state index in [1.807, 2.05) is 0 Å². The Kier molecular flexibility index (Phi) is 3.52. The van der Waals surface area contributed by atoms with Gasteiger partial charge in [-0.2, -0.15) is 0 Å². The number of methoxy groups -OCH3 is 1. The van der Waals surface area contributed by atoms with Crippen molar-refractivity contribution < 1.29 is 14.6 Å². The van der Waals surface area contributed by atoms with E-state index in [4.69, 9.17) is 0 Å². The molecule has 0 aromatic heterocycles. The van der Waals surface area contributed by atoms with Gasteiger partial charge in [-0.05, 0) is 30.7 Å². The monoisotopic (exact) mass is 258 g/mol. The highest BCUT2D eigenvalue weighted by Crippen LogP contribution is 2.26. The zero-order valence-corrected chi connectivity index (χ0v) is 9.54. The first-order valence-electron chi connectivity index (χ1n) is 4.12. The number of aromatic hydroxyl groups is 1. The van der Waals surface area contributed by atoms with Crippen molar-refractivity contribution in [3.63, 3.8) is 0 Å². The van der Waals surface area contributed by atoms with Crippen molar-refractivity contribution in [1.29, 1.82) is 0 Å². The van der Waals surface area contributed by atoms with Crippen LogP contribution in [-0.2, 0) is 9.53 Å². The van der Waals surface area contributed by atoms with Crippen molar-refractivity contribution in [2.75, 3.05) is 7.11 Å². The fourth-order valence-corrected chi connectivity index (χ4v) is 1.66. The fourth-order valence-electron chi connectivity index (χ4n) is 1.16. The molecule has 0 radical (unpaired) electrons. The van der Waals surface area contributed by atoms with Crippen LogP contribution in [0, 0.1) is 0 Å². The summed E-state index contributed by atoms with van der Waals surface area (Å²) in [5, 5.41) is 9.32. The van der Waals surface area contributed by atoms with E-state index in [1.54, 1.807) is 25.1 Å². The average molecular weight is 259 g/mol. The summed E-state index contributed by atoms with van der Waals surface area (Å²) in [5.74, 6) is -0.559. The minimum Gasteiger partial charge on any atom is -0.508 e. The van der Waals surface area contributed by atoms with Crippen molar-refractivity contribution in [3.8, 4) is 5.75 Å². The van der Waals surface area contributed by atoms with Gasteiger partial charge in [0.25, 0.3) is 0 Å². The van der Waals surface area contributed by atoms with Crippen LogP contribution in [0.2, 0.25) is 0 Å². The van der Waals surface area contributed by atoms with Crippen LogP contribution in [0.5, 0.6) is 5.75 Å². The Bertz CT molecular complexity index is 329. The molecule has 0 spiro atoms. The molecule has 14 heavy (non-hydrogen) atoms. The van der Waals surface area contributed by atoms with E-state index in [2.05, 4.69) is 20.7 Å². The first kappa shape index (κ1) is 11.0. The first-order valence-corrected chi connectivity index (χ1v) is 4.91. The molecular formula is C10H11BrO3. The number of hydrogen-bond acceptors (Lipinski definition) is 3. The Labute approximate surface area is 90.8 Å². The lowest BCUT2D eigenvalue weighted by atomic mass is 10.0. The third kappa shape index (κ3) is 2.48. The summed E-state index contributed by atoms with van der Waals surface area (Å²) in [6, 6.07) is 4.89. The molecule has 0 aliphatic heterocycles. The Morgan fingerprint density at radius 1 is 1.50 bits per heavy atom. The molecule has 1 atom stereocenters. The normalized spacial score (nSPS) is 12.2. The topological polar surface area (TPSA) is 46.5 Å². The first-order chi connectivity index (χ1) is 6.54. The van der Waals surface area contributed by atoms with Crippen LogP contribution in [0.1, 0.15) is 18.4 Å². The number of rotatable bonds is 2. The quantitative estimate of drug-likeness (QED) is 0.829. The van der Waals surface area contributed by atoms with Crippen LogP contribution < -0.4 is 0 Å². The summed E-state index contributed by atoms with van der Waals surface area (Å²) >= 11 is 3.24. The van der Waals surface area contributed by atoms with Crippen LogP contribution in [0.4, 0.5) is 0 Å². The Balaban J connectivity index is 3.00. The number of benzene rings is 1. The predicted molar refractivity (Wildman–Crippen MR) is 56.2 cm³/mol. The van der Waals surface area contributed by atoms with Crippen molar-refractivity contribution in [2.24, 2.45) is 0 Å². The number of halogens is 1. The van der Waals surface area contributed by atoms with Gasteiger partial charge >= 0.3 is 5.97 Å². The van der Waals surface area contributed by atoms with Crippen molar-refractivity contribution >= 4 is 21.9 Å². The molecule has 0 saturated heterocycles. The molecule has 0 fully saturated rings. The van der Waals surface area contributed by atoms with Crippen molar-refractivity contribution in [2.45, 2.75) is 12.8 Å². The van der Waals surface area contributed by atoms with Crippen LogP contribution in [-0.4, -0.2) is 18.2 Å². The Morgan fingerprint density at radius 3 is 2.64 bits per heavy atom. The number of esters is 1. The number of phenols is 1. The van der Waals surface area contributed by atoms with E-state index in [0.717, 1.165) is 10.0 Å². The third-order valence-electron chi connectivity index (χ3n) is 1.96. The minimum atomic E-state index is -0.372. The maximum absolute atomic E-state index is 11.2. The second kappa shape index (κ2) is 4.46. The van der Waals surface area contributed by atoms with Crippen LogP contribution in [0.15, 0.2) is 22.7 Å². The summed E-state index contributed by atoms with van der Waals surface area (Å²) in [6.45, 7) is 1.73. The lowest BCUT2D eigenvalue weighted by molar-refractivity contribution is -0.141. The zero-order valence-electron chi connectivity index (χ0n) is 7.95. The molecule has 76 valence electrons. The molecule has 4 heteroatoms. The highest BCUT2D eigenvalue weighted by molar-refractivity contribution is 9.10. The standard InChI is InChI=1S/C10H11BrO3/c1-6(10(13)14-2)7-3-8(11)5-9(12)4-7/h3-6,12H,1-2H3. The van der Waals surface area contributed by atoms with E-state index < -0.39 is 0 Å². The van der Waals surface area contributed by atoms with Gasteiger partial charge in [0.1, 0.15) is 5.75 Å². The van der Waals surface area contributed by atoms with E-state index in [1.165, 1.54) is 7.11 Å². The summed E-state index contributed by atoms with van der Waals surface area (Å²) in [4.78, 5) is 11.2. The largest absolute Gasteiger partial charge is 0.508 e. The van der Waals surface area contributed by atoms with Gasteiger partial charge in [0, 0.05) is 4.47 Å². The molecule has 0 saturated carbocycles. The van der Waals surface area contributed by atoms with E-state index in [-0.39, 0.29) is 17.6 Å². The molecule has 0 heterocycles. The zero-order chi connectivity index (χ0) is 10.7. The van der Waals surface area contributed by atoms with Gasteiger partial charge in [0.05, 0.1) is 13.0 Å². The molecule has 1 aromatic carbocycles. The number of ether oxygens (including phenoxy) is 1. The molecule has 1 aromatic rings. The molecule has 1 unspecified atom stereocenters. The van der Waals surface area contributed by atoms with Gasteiger partial charge in [-0.25, -0.2) is 0 Å². The lowest BCUT2D eigenvalue weighted by Gasteiger charge is -2.10. The SMILES string of the molecule is COC(=O)C(C)c1cc(O)cc(Br)c1. The van der Waals surface area contributed by atoms with Gasteiger partial charge < -0.3 is 9.84 Å². The Morgan fingerprint density at radius 2 is 2.14 bits per heavy atom. The highest BCUT2D eigenvalue weighted by atomic mass is 79.9. The second-order valence-corrected chi connectivity index (χ2v) is 3.90. The number of carbonyl (C=O) groups excluding carboxylic acids is 1. The smallest absolute Gasteiger partial charge is 0.312 e. The average Bonchev–Trinajstić information content (AvgIpc) is 2.14.